The van der Waals surface area contributed by atoms with Crippen LogP contribution in [0.25, 0.3) is 0 Å². The molecule has 3 unspecified atom stereocenters. The minimum absolute atomic E-state index is 0.192. The van der Waals surface area contributed by atoms with Gasteiger partial charge in [-0.05, 0) is 12.8 Å². The Hall–Kier alpha value is -1.03. The Morgan fingerprint density at radius 3 is 1.17 bits per heavy atom. The second-order valence-corrected chi connectivity index (χ2v) is 16.5. The summed E-state index contributed by atoms with van der Waals surface area (Å²) >= 11 is 0. The second-order valence-electron chi connectivity index (χ2n) is 15.1. The molecule has 0 aromatic carbocycles. The van der Waals surface area contributed by atoms with Crippen molar-refractivity contribution in [1.82, 2.24) is 0 Å². The Bertz CT molecular complexity index is 858. The highest BCUT2D eigenvalue weighted by Crippen LogP contribution is 2.43. The Kier molecular flexibility index (Phi) is 38.5. The molecule has 0 saturated carbocycles. The number of carbonyl (C=O) groups is 2. The number of aliphatic hydroxyl groups is 2. The normalized spacial score (nSPS) is 13.8. The van der Waals surface area contributed by atoms with Gasteiger partial charge in [-0.3, -0.25) is 18.6 Å². The number of phosphoric ester groups is 1. The molecule has 53 heavy (non-hydrogen) atoms. The van der Waals surface area contributed by atoms with Gasteiger partial charge in [0.25, 0.3) is 0 Å². The first-order valence-corrected chi connectivity index (χ1v) is 23.5. The van der Waals surface area contributed by atoms with E-state index in [0.29, 0.717) is 12.8 Å². The number of hydrogen-bond acceptors (Lipinski definition) is 9. The molecular weight excluding hydrogens is 695 g/mol. The maximum absolute atomic E-state index is 12.6. The maximum atomic E-state index is 12.6. The van der Waals surface area contributed by atoms with E-state index in [1.807, 2.05) is 0 Å². The third kappa shape index (κ3) is 39.0. The third-order valence-electron chi connectivity index (χ3n) is 9.76. The van der Waals surface area contributed by atoms with E-state index in [9.17, 15) is 24.2 Å². The zero-order valence-electron chi connectivity index (χ0n) is 34.3. The van der Waals surface area contributed by atoms with Gasteiger partial charge in [0.1, 0.15) is 12.7 Å². The van der Waals surface area contributed by atoms with Crippen molar-refractivity contribution in [3.8, 4) is 0 Å². The van der Waals surface area contributed by atoms with Crippen LogP contribution in [0, 0.1) is 0 Å². The smallest absolute Gasteiger partial charge is 0.462 e. The summed E-state index contributed by atoms with van der Waals surface area (Å²) in [5.74, 6) is -0.915. The van der Waals surface area contributed by atoms with E-state index in [0.717, 1.165) is 38.5 Å². The highest BCUT2D eigenvalue weighted by Gasteiger charge is 2.27. The van der Waals surface area contributed by atoms with Crippen molar-refractivity contribution < 1.29 is 47.8 Å². The van der Waals surface area contributed by atoms with Gasteiger partial charge >= 0.3 is 19.8 Å². The van der Waals surface area contributed by atoms with Crippen LogP contribution in [0.5, 0.6) is 0 Å². The van der Waals surface area contributed by atoms with Crippen LogP contribution in [-0.4, -0.2) is 65.7 Å². The number of hydrogen-bond donors (Lipinski definition) is 3. The first kappa shape index (κ1) is 52.0. The molecule has 316 valence electrons. The zero-order chi connectivity index (χ0) is 39.1. The fourth-order valence-corrected chi connectivity index (χ4v) is 7.14. The largest absolute Gasteiger partial charge is 0.472 e. The molecule has 3 atom stereocenters. The van der Waals surface area contributed by atoms with Crippen molar-refractivity contribution in [2.75, 3.05) is 26.4 Å². The molecule has 3 N–H and O–H groups in total. The predicted molar refractivity (Wildman–Crippen MR) is 215 cm³/mol. The van der Waals surface area contributed by atoms with E-state index in [2.05, 4.69) is 18.4 Å². The van der Waals surface area contributed by atoms with Gasteiger partial charge in [-0.15, -0.1) is 0 Å². The zero-order valence-corrected chi connectivity index (χ0v) is 35.2. The number of rotatable bonds is 42. The highest BCUT2D eigenvalue weighted by atomic mass is 31.2. The number of unbranched alkanes of at least 4 members (excludes halogenated alkanes) is 28. The Morgan fingerprint density at radius 1 is 0.491 bits per heavy atom. The number of phosphoric acid groups is 1. The van der Waals surface area contributed by atoms with Crippen LogP contribution >= 0.6 is 7.82 Å². The minimum Gasteiger partial charge on any atom is -0.462 e. The molecule has 0 aliphatic carbocycles. The van der Waals surface area contributed by atoms with E-state index >= 15 is 0 Å². The van der Waals surface area contributed by atoms with Gasteiger partial charge in [-0.2, -0.15) is 0 Å². The molecule has 10 nitrogen and oxygen atoms in total. The van der Waals surface area contributed by atoms with Gasteiger partial charge in [-0.25, -0.2) is 4.57 Å². The van der Waals surface area contributed by atoms with E-state index in [-0.39, 0.29) is 19.4 Å². The SMILES string of the molecule is CCCCCCCCCCCCCCCCCCCCCCCCC(=O)OC(COC(=O)CCCCCCCCCC)COP(=O)(O)OCC(O)CO. The number of ether oxygens (including phenoxy) is 2. The van der Waals surface area contributed by atoms with Gasteiger partial charge in [0, 0.05) is 12.8 Å². The molecular formula is C42H83O10P. The molecule has 0 amide bonds. The van der Waals surface area contributed by atoms with E-state index in [1.54, 1.807) is 0 Å². The average molecular weight is 779 g/mol. The molecule has 0 aliphatic rings. The van der Waals surface area contributed by atoms with E-state index in [4.69, 9.17) is 19.1 Å². The average Bonchev–Trinajstić information content (AvgIpc) is 3.14. The first-order chi connectivity index (χ1) is 25.7. The highest BCUT2D eigenvalue weighted by molar-refractivity contribution is 7.47. The summed E-state index contributed by atoms with van der Waals surface area (Å²) in [5.41, 5.74) is 0. The van der Waals surface area contributed by atoms with Gasteiger partial charge in [0.2, 0.25) is 0 Å². The van der Waals surface area contributed by atoms with Crippen LogP contribution in [0.4, 0.5) is 0 Å². The molecule has 0 heterocycles. The Labute approximate surface area is 324 Å². The molecule has 0 aromatic heterocycles. The van der Waals surface area contributed by atoms with E-state index in [1.165, 1.54) is 141 Å². The molecule has 0 saturated heterocycles. The first-order valence-electron chi connectivity index (χ1n) is 22.0. The number of carbonyl (C=O) groups excluding carboxylic acids is 2. The molecule has 0 aliphatic heterocycles. The third-order valence-corrected chi connectivity index (χ3v) is 10.7. The van der Waals surface area contributed by atoms with Crippen LogP contribution in [0.3, 0.4) is 0 Å². The van der Waals surface area contributed by atoms with Crippen molar-refractivity contribution in [3.05, 3.63) is 0 Å². The summed E-state index contributed by atoms with van der Waals surface area (Å²) in [5, 5.41) is 18.3. The molecule has 0 fully saturated rings. The van der Waals surface area contributed by atoms with Crippen LogP contribution in [0.2, 0.25) is 0 Å². The summed E-state index contributed by atoms with van der Waals surface area (Å²) in [4.78, 5) is 34.8. The lowest BCUT2D eigenvalue weighted by molar-refractivity contribution is -0.161. The number of aliphatic hydroxyl groups excluding tert-OH is 2. The topological polar surface area (TPSA) is 149 Å². The number of esters is 2. The molecule has 0 radical (unpaired) electrons. The minimum atomic E-state index is -4.60. The summed E-state index contributed by atoms with van der Waals surface area (Å²) < 4.78 is 32.6. The van der Waals surface area contributed by atoms with Crippen molar-refractivity contribution in [2.24, 2.45) is 0 Å². The Balaban J connectivity index is 4.08. The quantitative estimate of drug-likeness (QED) is 0.0310. The van der Waals surface area contributed by atoms with E-state index < -0.39 is 51.8 Å². The summed E-state index contributed by atoms with van der Waals surface area (Å²) in [6.45, 7) is 2.38. The fraction of sp³-hybridized carbons (Fsp3) is 0.952. The lowest BCUT2D eigenvalue weighted by atomic mass is 10.0. The van der Waals surface area contributed by atoms with Gasteiger partial charge < -0.3 is 24.6 Å². The molecule has 0 spiro atoms. The lowest BCUT2D eigenvalue weighted by Crippen LogP contribution is -2.29. The van der Waals surface area contributed by atoms with Gasteiger partial charge in [-0.1, -0.05) is 194 Å². The summed E-state index contributed by atoms with van der Waals surface area (Å²) in [6, 6.07) is 0. The standard InChI is InChI=1S/C42H83O10P/c1-3-5-7-9-11-13-14-15-16-17-18-19-20-21-22-23-24-25-26-28-30-32-34-42(46)52-40(38-51-53(47,48)50-36-39(44)35-43)37-49-41(45)33-31-29-27-12-10-8-6-4-2/h39-40,43-44H,3-38H2,1-2H3,(H,47,48). The predicted octanol–water partition coefficient (Wildman–Crippen LogP) is 11.5. The molecule has 0 bridgehead atoms. The van der Waals surface area contributed by atoms with Crippen LogP contribution in [0.15, 0.2) is 0 Å². The van der Waals surface area contributed by atoms with Crippen molar-refractivity contribution >= 4 is 19.8 Å². The van der Waals surface area contributed by atoms with Crippen molar-refractivity contribution in [1.29, 1.82) is 0 Å². The Morgan fingerprint density at radius 2 is 0.811 bits per heavy atom. The summed E-state index contributed by atoms with van der Waals surface area (Å²) in [6.07, 6.45) is 35.2. The lowest BCUT2D eigenvalue weighted by Gasteiger charge is -2.20. The monoisotopic (exact) mass is 779 g/mol. The van der Waals surface area contributed by atoms with Crippen molar-refractivity contribution in [3.63, 3.8) is 0 Å². The molecule has 0 rings (SSSR count). The van der Waals surface area contributed by atoms with Gasteiger partial charge in [0.05, 0.1) is 19.8 Å². The maximum Gasteiger partial charge on any atom is 0.472 e. The summed E-state index contributed by atoms with van der Waals surface area (Å²) in [7, 11) is -4.60. The molecule has 11 heteroatoms. The van der Waals surface area contributed by atoms with Crippen LogP contribution < -0.4 is 0 Å². The fourth-order valence-electron chi connectivity index (χ4n) is 6.35. The van der Waals surface area contributed by atoms with Crippen LogP contribution in [-0.2, 0) is 32.7 Å². The van der Waals surface area contributed by atoms with Crippen LogP contribution in [0.1, 0.15) is 219 Å². The van der Waals surface area contributed by atoms with Gasteiger partial charge in [0.15, 0.2) is 6.10 Å². The van der Waals surface area contributed by atoms with Crippen molar-refractivity contribution in [2.45, 2.75) is 232 Å². The second kappa shape index (κ2) is 39.2. The molecule has 0 aromatic rings.